The van der Waals surface area contributed by atoms with Gasteiger partial charge in [-0.3, -0.25) is 0 Å². The smallest absolute Gasteiger partial charge is 0.288 e. The lowest BCUT2D eigenvalue weighted by molar-refractivity contribution is -0.412. The Kier molecular flexibility index (Phi) is 3.72. The standard InChI is InChI=1S/C11H20O6/c1-10(2,7-12)11(13,16-5-8-3-14-8)17-6-9-4-15-9/h8-9,12-13H,3-7H2,1-2H3. The summed E-state index contributed by atoms with van der Waals surface area (Å²) in [6, 6.07) is 0. The molecule has 0 aromatic carbocycles. The molecular formula is C11H20O6. The average molecular weight is 248 g/mol. The lowest BCUT2D eigenvalue weighted by atomic mass is 9.91. The van der Waals surface area contributed by atoms with Crippen molar-refractivity contribution in [2.75, 3.05) is 33.0 Å². The van der Waals surface area contributed by atoms with Gasteiger partial charge in [0.05, 0.1) is 38.4 Å². The van der Waals surface area contributed by atoms with E-state index in [1.54, 1.807) is 13.8 Å². The molecule has 2 unspecified atom stereocenters. The summed E-state index contributed by atoms with van der Waals surface area (Å²) < 4.78 is 20.8. The van der Waals surface area contributed by atoms with Crippen molar-refractivity contribution in [1.29, 1.82) is 0 Å². The highest BCUT2D eigenvalue weighted by molar-refractivity contribution is 4.81. The van der Waals surface area contributed by atoms with Crippen molar-refractivity contribution < 1.29 is 29.2 Å². The normalized spacial score (nSPS) is 31.1. The molecular weight excluding hydrogens is 228 g/mol. The molecule has 2 N–H and O–H groups in total. The summed E-state index contributed by atoms with van der Waals surface area (Å²) in [5.74, 6) is -1.82. The molecule has 100 valence electrons. The molecule has 0 saturated carbocycles. The highest BCUT2D eigenvalue weighted by atomic mass is 16.8. The third-order valence-corrected chi connectivity index (χ3v) is 2.99. The van der Waals surface area contributed by atoms with Crippen LogP contribution in [-0.4, -0.2) is 61.4 Å². The molecule has 2 aliphatic heterocycles. The van der Waals surface area contributed by atoms with Gasteiger partial charge in [0.2, 0.25) is 0 Å². The summed E-state index contributed by atoms with van der Waals surface area (Å²) in [4.78, 5) is 0. The molecule has 0 aliphatic carbocycles. The summed E-state index contributed by atoms with van der Waals surface area (Å²) in [5, 5.41) is 19.7. The van der Waals surface area contributed by atoms with Crippen LogP contribution < -0.4 is 0 Å². The number of epoxide rings is 2. The van der Waals surface area contributed by atoms with Crippen LogP contribution in [0.1, 0.15) is 13.8 Å². The number of hydrogen-bond acceptors (Lipinski definition) is 6. The van der Waals surface area contributed by atoms with Gasteiger partial charge in [-0.25, -0.2) is 0 Å². The third-order valence-electron chi connectivity index (χ3n) is 2.99. The van der Waals surface area contributed by atoms with Crippen molar-refractivity contribution >= 4 is 0 Å². The van der Waals surface area contributed by atoms with Crippen molar-refractivity contribution in [3.8, 4) is 0 Å². The number of aliphatic hydroxyl groups excluding tert-OH is 1. The number of aliphatic hydroxyl groups is 2. The van der Waals surface area contributed by atoms with Crippen LogP contribution in [0.3, 0.4) is 0 Å². The topological polar surface area (TPSA) is 84.0 Å². The van der Waals surface area contributed by atoms with Crippen LogP contribution in [0.25, 0.3) is 0 Å². The Hall–Kier alpha value is -0.240. The highest BCUT2D eigenvalue weighted by Gasteiger charge is 2.48. The van der Waals surface area contributed by atoms with Crippen molar-refractivity contribution in [3.63, 3.8) is 0 Å². The minimum atomic E-state index is -1.82. The quantitative estimate of drug-likeness (QED) is 0.444. The zero-order chi connectivity index (χ0) is 12.5. The van der Waals surface area contributed by atoms with Gasteiger partial charge in [0, 0.05) is 0 Å². The molecule has 0 aromatic rings. The van der Waals surface area contributed by atoms with E-state index in [1.807, 2.05) is 0 Å². The Labute approximate surface area is 100 Å². The molecule has 0 spiro atoms. The fourth-order valence-corrected chi connectivity index (χ4v) is 1.27. The second-order valence-corrected chi connectivity index (χ2v) is 5.16. The van der Waals surface area contributed by atoms with E-state index in [4.69, 9.17) is 18.9 Å². The first-order valence-electron chi connectivity index (χ1n) is 5.81. The van der Waals surface area contributed by atoms with Gasteiger partial charge in [0.15, 0.2) is 0 Å². The largest absolute Gasteiger partial charge is 0.395 e. The van der Waals surface area contributed by atoms with E-state index in [0.717, 1.165) is 0 Å². The van der Waals surface area contributed by atoms with Crippen LogP contribution in [0.5, 0.6) is 0 Å². The lowest BCUT2D eigenvalue weighted by Gasteiger charge is -2.39. The van der Waals surface area contributed by atoms with Gasteiger partial charge < -0.3 is 29.2 Å². The number of rotatable bonds is 8. The van der Waals surface area contributed by atoms with Gasteiger partial charge in [-0.1, -0.05) is 0 Å². The molecule has 6 nitrogen and oxygen atoms in total. The minimum Gasteiger partial charge on any atom is -0.395 e. The maximum atomic E-state index is 10.4. The Morgan fingerprint density at radius 3 is 1.82 bits per heavy atom. The van der Waals surface area contributed by atoms with E-state index < -0.39 is 11.4 Å². The SMILES string of the molecule is CC(C)(CO)C(O)(OCC1CO1)OCC1CO1. The monoisotopic (exact) mass is 248 g/mol. The molecule has 6 heteroatoms. The van der Waals surface area contributed by atoms with Gasteiger partial charge in [0.25, 0.3) is 5.97 Å². The van der Waals surface area contributed by atoms with E-state index in [-0.39, 0.29) is 32.0 Å². The molecule has 17 heavy (non-hydrogen) atoms. The summed E-state index contributed by atoms with van der Waals surface area (Å²) in [6.07, 6.45) is 0.0496. The van der Waals surface area contributed by atoms with Crippen molar-refractivity contribution in [3.05, 3.63) is 0 Å². The van der Waals surface area contributed by atoms with Gasteiger partial charge in [-0.15, -0.1) is 0 Å². The van der Waals surface area contributed by atoms with Crippen molar-refractivity contribution in [2.45, 2.75) is 32.0 Å². The summed E-state index contributed by atoms with van der Waals surface area (Å²) in [6.45, 7) is 4.89. The molecule has 0 bridgehead atoms. The van der Waals surface area contributed by atoms with Crippen LogP contribution in [0, 0.1) is 5.41 Å². The Bertz CT molecular complexity index is 243. The average Bonchev–Trinajstić information content (AvgIpc) is 3.17. The molecule has 0 radical (unpaired) electrons. The van der Waals surface area contributed by atoms with Crippen LogP contribution in [0.15, 0.2) is 0 Å². The van der Waals surface area contributed by atoms with Crippen LogP contribution in [-0.2, 0) is 18.9 Å². The maximum Gasteiger partial charge on any atom is 0.288 e. The molecule has 2 atom stereocenters. The molecule has 0 aromatic heterocycles. The summed E-state index contributed by atoms with van der Waals surface area (Å²) in [7, 11) is 0. The van der Waals surface area contributed by atoms with Crippen molar-refractivity contribution in [1.82, 2.24) is 0 Å². The predicted molar refractivity (Wildman–Crippen MR) is 57.2 cm³/mol. The first-order valence-corrected chi connectivity index (χ1v) is 5.81. The zero-order valence-corrected chi connectivity index (χ0v) is 10.2. The van der Waals surface area contributed by atoms with Crippen molar-refractivity contribution in [2.24, 2.45) is 5.41 Å². The van der Waals surface area contributed by atoms with E-state index in [0.29, 0.717) is 13.2 Å². The maximum absolute atomic E-state index is 10.4. The molecule has 0 amide bonds. The Morgan fingerprint density at radius 2 is 1.53 bits per heavy atom. The molecule has 2 rings (SSSR count). The highest BCUT2D eigenvalue weighted by Crippen LogP contribution is 2.34. The Balaban J connectivity index is 1.91. The van der Waals surface area contributed by atoms with Crippen LogP contribution >= 0.6 is 0 Å². The zero-order valence-electron chi connectivity index (χ0n) is 10.2. The second kappa shape index (κ2) is 4.79. The number of ether oxygens (including phenoxy) is 4. The van der Waals surface area contributed by atoms with E-state index in [1.165, 1.54) is 0 Å². The Morgan fingerprint density at radius 1 is 1.12 bits per heavy atom. The lowest BCUT2D eigenvalue weighted by Crippen LogP contribution is -2.52. The first-order chi connectivity index (χ1) is 7.97. The fraction of sp³-hybridized carbons (Fsp3) is 1.00. The first kappa shape index (κ1) is 13.2. The second-order valence-electron chi connectivity index (χ2n) is 5.16. The molecule has 2 fully saturated rings. The van der Waals surface area contributed by atoms with E-state index in [2.05, 4.69) is 0 Å². The van der Waals surface area contributed by atoms with E-state index >= 15 is 0 Å². The van der Waals surface area contributed by atoms with Crippen LogP contribution in [0.4, 0.5) is 0 Å². The summed E-state index contributed by atoms with van der Waals surface area (Å²) in [5.41, 5.74) is -0.920. The van der Waals surface area contributed by atoms with Gasteiger partial charge in [-0.05, 0) is 13.8 Å². The van der Waals surface area contributed by atoms with Crippen LogP contribution in [0.2, 0.25) is 0 Å². The van der Waals surface area contributed by atoms with Gasteiger partial charge in [0.1, 0.15) is 12.2 Å². The number of hydrogen-bond donors (Lipinski definition) is 2. The third kappa shape index (κ3) is 3.37. The molecule has 2 heterocycles. The molecule has 2 aliphatic rings. The van der Waals surface area contributed by atoms with E-state index in [9.17, 15) is 10.2 Å². The molecule has 2 saturated heterocycles. The predicted octanol–water partition coefficient (Wildman–Crippen LogP) is -0.518. The summed E-state index contributed by atoms with van der Waals surface area (Å²) >= 11 is 0. The van der Waals surface area contributed by atoms with Gasteiger partial charge >= 0.3 is 0 Å². The fourth-order valence-electron chi connectivity index (χ4n) is 1.27. The minimum absolute atomic E-state index is 0.0248. The van der Waals surface area contributed by atoms with Gasteiger partial charge in [-0.2, -0.15) is 0 Å².